The minimum absolute atomic E-state index is 0.0641. The van der Waals surface area contributed by atoms with E-state index in [-0.39, 0.29) is 5.91 Å². The second-order valence-corrected chi connectivity index (χ2v) is 6.39. The highest BCUT2D eigenvalue weighted by Crippen LogP contribution is 2.27. The van der Waals surface area contributed by atoms with Gasteiger partial charge in [-0.2, -0.15) is 0 Å². The number of halogens is 1. The summed E-state index contributed by atoms with van der Waals surface area (Å²) < 4.78 is 0. The molecule has 1 amide bonds. The van der Waals surface area contributed by atoms with Crippen LogP contribution in [0, 0.1) is 11.8 Å². The molecule has 4 heteroatoms. The molecule has 110 valence electrons. The number of pyridine rings is 1. The number of likely N-dealkylation sites (tertiary alicyclic amines) is 1. The van der Waals surface area contributed by atoms with E-state index >= 15 is 0 Å². The van der Waals surface area contributed by atoms with E-state index in [4.69, 9.17) is 11.6 Å². The summed E-state index contributed by atoms with van der Waals surface area (Å²) in [6.07, 6.45) is 1.06. The van der Waals surface area contributed by atoms with Crippen molar-refractivity contribution in [1.82, 2.24) is 9.88 Å². The molecule has 2 unspecified atom stereocenters. The van der Waals surface area contributed by atoms with E-state index in [9.17, 15) is 4.79 Å². The number of amides is 1. The van der Waals surface area contributed by atoms with Gasteiger partial charge < -0.3 is 4.90 Å². The lowest BCUT2D eigenvalue weighted by Crippen LogP contribution is -2.42. The highest BCUT2D eigenvalue weighted by Gasteiger charge is 2.27. The van der Waals surface area contributed by atoms with E-state index in [0.717, 1.165) is 30.4 Å². The lowest BCUT2D eigenvalue weighted by atomic mass is 9.88. The molecule has 1 fully saturated rings. The third-order valence-corrected chi connectivity index (χ3v) is 4.73. The number of benzene rings is 1. The average molecular weight is 303 g/mol. The van der Waals surface area contributed by atoms with Gasteiger partial charge in [0.15, 0.2) is 0 Å². The predicted molar refractivity (Wildman–Crippen MR) is 85.6 cm³/mol. The molecule has 1 aromatic heterocycles. The molecule has 1 aliphatic rings. The summed E-state index contributed by atoms with van der Waals surface area (Å²) in [5.41, 5.74) is 1.43. The number of hydrogen-bond acceptors (Lipinski definition) is 2. The maximum absolute atomic E-state index is 12.9. The van der Waals surface area contributed by atoms with Gasteiger partial charge in [-0.3, -0.25) is 4.79 Å². The standard InChI is InChI=1S/C17H19ClN2O/c1-11-7-8-20(10-12(11)2)17(21)14-9-16(18)19-15-6-4-3-5-13(14)15/h3-6,9,11-12H,7-8,10H2,1-2H3. The molecule has 3 nitrogen and oxygen atoms in total. The number of nitrogens with zero attached hydrogens (tertiary/aromatic N) is 2. The van der Waals surface area contributed by atoms with Gasteiger partial charge in [-0.15, -0.1) is 0 Å². The zero-order chi connectivity index (χ0) is 15.0. The highest BCUT2D eigenvalue weighted by molar-refractivity contribution is 6.30. The maximum atomic E-state index is 12.9. The van der Waals surface area contributed by atoms with Crippen molar-refractivity contribution in [3.05, 3.63) is 41.0 Å². The van der Waals surface area contributed by atoms with Gasteiger partial charge in [-0.25, -0.2) is 4.98 Å². The second kappa shape index (κ2) is 5.64. The Kier molecular flexibility index (Phi) is 3.85. The fourth-order valence-corrected chi connectivity index (χ4v) is 3.14. The number of para-hydroxylation sites is 1. The first-order valence-electron chi connectivity index (χ1n) is 7.41. The normalized spacial score (nSPS) is 22.5. The number of aromatic nitrogens is 1. The van der Waals surface area contributed by atoms with E-state index in [0.29, 0.717) is 22.6 Å². The van der Waals surface area contributed by atoms with Crippen LogP contribution in [0.25, 0.3) is 10.9 Å². The Morgan fingerprint density at radius 3 is 2.81 bits per heavy atom. The van der Waals surface area contributed by atoms with Crippen LogP contribution in [0.15, 0.2) is 30.3 Å². The second-order valence-electron chi connectivity index (χ2n) is 6.00. The van der Waals surface area contributed by atoms with E-state index < -0.39 is 0 Å². The van der Waals surface area contributed by atoms with Crippen molar-refractivity contribution in [3.63, 3.8) is 0 Å². The molecule has 0 saturated carbocycles. The number of rotatable bonds is 1. The van der Waals surface area contributed by atoms with Crippen LogP contribution in [-0.2, 0) is 0 Å². The first-order valence-corrected chi connectivity index (χ1v) is 7.78. The van der Waals surface area contributed by atoms with Gasteiger partial charge in [0.05, 0.1) is 11.1 Å². The lowest BCUT2D eigenvalue weighted by Gasteiger charge is -2.35. The quantitative estimate of drug-likeness (QED) is 0.746. The first-order chi connectivity index (χ1) is 10.1. The molecule has 2 atom stereocenters. The van der Waals surface area contributed by atoms with Crippen molar-refractivity contribution in [2.45, 2.75) is 20.3 Å². The molecule has 1 aliphatic heterocycles. The van der Waals surface area contributed by atoms with Crippen molar-refractivity contribution in [2.24, 2.45) is 11.8 Å². The highest BCUT2D eigenvalue weighted by atomic mass is 35.5. The van der Waals surface area contributed by atoms with Crippen LogP contribution < -0.4 is 0 Å². The Bertz CT molecular complexity index is 686. The lowest BCUT2D eigenvalue weighted by molar-refractivity contribution is 0.0629. The van der Waals surface area contributed by atoms with Crippen LogP contribution in [0.2, 0.25) is 5.15 Å². The number of carbonyl (C=O) groups excluding carboxylic acids is 1. The topological polar surface area (TPSA) is 33.2 Å². The third kappa shape index (κ3) is 2.75. The van der Waals surface area contributed by atoms with Gasteiger partial charge in [0.25, 0.3) is 5.91 Å². The van der Waals surface area contributed by atoms with Crippen molar-refractivity contribution in [1.29, 1.82) is 0 Å². The number of fused-ring (bicyclic) bond motifs is 1. The summed E-state index contributed by atoms with van der Waals surface area (Å²) >= 11 is 6.08. The Morgan fingerprint density at radius 2 is 2.05 bits per heavy atom. The summed E-state index contributed by atoms with van der Waals surface area (Å²) in [6.45, 7) is 6.10. The predicted octanol–water partition coefficient (Wildman–Crippen LogP) is 4.01. The van der Waals surface area contributed by atoms with E-state index in [2.05, 4.69) is 18.8 Å². The molecule has 0 radical (unpaired) electrons. The zero-order valence-corrected chi connectivity index (χ0v) is 13.1. The number of carbonyl (C=O) groups is 1. The summed E-state index contributed by atoms with van der Waals surface area (Å²) in [5, 5.41) is 1.24. The van der Waals surface area contributed by atoms with E-state index in [1.54, 1.807) is 6.07 Å². The average Bonchev–Trinajstić information content (AvgIpc) is 2.48. The van der Waals surface area contributed by atoms with Gasteiger partial charge in [-0.1, -0.05) is 43.6 Å². The van der Waals surface area contributed by atoms with Gasteiger partial charge in [0.1, 0.15) is 5.15 Å². The molecule has 0 aliphatic carbocycles. The molecule has 2 aromatic rings. The molecule has 1 saturated heterocycles. The fourth-order valence-electron chi connectivity index (χ4n) is 2.94. The SMILES string of the molecule is CC1CCN(C(=O)c2cc(Cl)nc3ccccc23)CC1C. The monoisotopic (exact) mass is 302 g/mol. The van der Waals surface area contributed by atoms with Crippen molar-refractivity contribution in [3.8, 4) is 0 Å². The van der Waals surface area contributed by atoms with Crippen LogP contribution in [-0.4, -0.2) is 28.9 Å². The molecule has 2 heterocycles. The Morgan fingerprint density at radius 1 is 1.29 bits per heavy atom. The smallest absolute Gasteiger partial charge is 0.254 e. The van der Waals surface area contributed by atoms with Crippen LogP contribution >= 0.6 is 11.6 Å². The van der Waals surface area contributed by atoms with E-state index in [1.807, 2.05) is 29.2 Å². The summed E-state index contributed by atoms with van der Waals surface area (Å²) in [6, 6.07) is 9.34. The van der Waals surface area contributed by atoms with Gasteiger partial charge in [-0.05, 0) is 30.4 Å². The molecule has 3 rings (SSSR count). The largest absolute Gasteiger partial charge is 0.338 e. The van der Waals surface area contributed by atoms with Gasteiger partial charge in [0.2, 0.25) is 0 Å². The van der Waals surface area contributed by atoms with Crippen LogP contribution in [0.4, 0.5) is 0 Å². The molecular formula is C17H19ClN2O. The maximum Gasteiger partial charge on any atom is 0.254 e. The van der Waals surface area contributed by atoms with E-state index in [1.165, 1.54) is 0 Å². The Hall–Kier alpha value is -1.61. The van der Waals surface area contributed by atoms with Crippen LogP contribution in [0.5, 0.6) is 0 Å². The minimum atomic E-state index is 0.0641. The van der Waals surface area contributed by atoms with Gasteiger partial charge >= 0.3 is 0 Å². The molecule has 21 heavy (non-hydrogen) atoms. The number of hydrogen-bond donors (Lipinski definition) is 0. The molecule has 0 N–H and O–H groups in total. The van der Waals surface area contributed by atoms with Gasteiger partial charge in [0, 0.05) is 18.5 Å². The Balaban J connectivity index is 1.98. The van der Waals surface area contributed by atoms with Crippen molar-refractivity contribution >= 4 is 28.4 Å². The third-order valence-electron chi connectivity index (χ3n) is 4.54. The molecular weight excluding hydrogens is 284 g/mol. The Labute approximate surface area is 129 Å². The zero-order valence-electron chi connectivity index (χ0n) is 12.3. The minimum Gasteiger partial charge on any atom is -0.338 e. The summed E-state index contributed by atoms with van der Waals surface area (Å²) in [5.74, 6) is 1.27. The summed E-state index contributed by atoms with van der Waals surface area (Å²) in [7, 11) is 0. The molecule has 1 aromatic carbocycles. The van der Waals surface area contributed by atoms with Crippen molar-refractivity contribution in [2.75, 3.05) is 13.1 Å². The number of piperidine rings is 1. The molecule has 0 bridgehead atoms. The van der Waals surface area contributed by atoms with Crippen LogP contribution in [0.1, 0.15) is 30.6 Å². The molecule has 0 spiro atoms. The van der Waals surface area contributed by atoms with Crippen molar-refractivity contribution < 1.29 is 4.79 Å². The first kappa shape index (κ1) is 14.3. The fraction of sp³-hybridized carbons (Fsp3) is 0.412. The summed E-state index contributed by atoms with van der Waals surface area (Å²) in [4.78, 5) is 19.1. The van der Waals surface area contributed by atoms with Crippen LogP contribution in [0.3, 0.4) is 0 Å².